The first-order valence-electron chi connectivity index (χ1n) is 13.6. The topological polar surface area (TPSA) is 143 Å². The number of hydrogen-bond donors (Lipinski definition) is 3. The van der Waals surface area contributed by atoms with Crippen molar-refractivity contribution in [2.24, 2.45) is 0 Å². The number of rotatable bonds is 11. The normalized spacial score (nSPS) is 11.0. The molecule has 0 saturated carbocycles. The molecule has 0 aliphatic heterocycles. The average molecular weight is 670 g/mol. The Morgan fingerprint density at radius 1 is 0.913 bits per heavy atom. The lowest BCUT2D eigenvalue weighted by Gasteiger charge is -2.12. The summed E-state index contributed by atoms with van der Waals surface area (Å²) in [5.74, 6) is -1.25. The predicted molar refractivity (Wildman–Crippen MR) is 182 cm³/mol. The number of non-ortho nitro benzene ring substituents is 1. The fraction of sp³-hybridized carbons (Fsp3) is 0.0303. The van der Waals surface area contributed by atoms with Gasteiger partial charge in [-0.25, -0.2) is 4.98 Å². The van der Waals surface area contributed by atoms with E-state index in [-0.39, 0.29) is 23.0 Å². The summed E-state index contributed by atoms with van der Waals surface area (Å²) in [4.78, 5) is 54.6. The van der Waals surface area contributed by atoms with E-state index >= 15 is 0 Å². The second-order valence-electron chi connectivity index (χ2n) is 9.56. The molecule has 1 heterocycles. The molecule has 4 aromatic carbocycles. The van der Waals surface area contributed by atoms with Crippen molar-refractivity contribution >= 4 is 75.0 Å². The van der Waals surface area contributed by atoms with Gasteiger partial charge in [-0.2, -0.15) is 0 Å². The Balaban J connectivity index is 1.22. The Labute approximate surface area is 276 Å². The number of carbonyl (C=O) groups excluding carboxylic acids is 3. The standard InChI is InChI=1S/C33H24ClN5O5S2/c34-27-15-5-4-10-22(27)17-28(36-31(41)21-8-2-1-3-9-21)32(42)35-24-12-7-14-26(18-24)45-20-30(40)38-33-37-29(19-46-33)23-11-6-13-25(16-23)39(43)44/h1-19H,20H2,(H,35,42)(H,36,41)(H,37,38,40)/b28-17+. The van der Waals surface area contributed by atoms with Crippen LogP contribution >= 0.6 is 34.7 Å². The minimum atomic E-state index is -0.563. The molecule has 0 spiro atoms. The van der Waals surface area contributed by atoms with E-state index in [1.807, 2.05) is 0 Å². The van der Waals surface area contributed by atoms with Gasteiger partial charge in [0.25, 0.3) is 17.5 Å². The third kappa shape index (κ3) is 8.66. The smallest absolute Gasteiger partial charge is 0.272 e. The highest BCUT2D eigenvalue weighted by atomic mass is 35.5. The number of nitrogens with one attached hydrogen (secondary N) is 3. The van der Waals surface area contributed by atoms with E-state index in [9.17, 15) is 24.5 Å². The van der Waals surface area contributed by atoms with E-state index < -0.39 is 16.7 Å². The number of nitrogens with zero attached hydrogens (tertiary/aromatic N) is 2. The molecule has 0 bridgehead atoms. The molecule has 5 aromatic rings. The van der Waals surface area contributed by atoms with Crippen LogP contribution in [0, 0.1) is 10.1 Å². The molecule has 0 aliphatic carbocycles. The second-order valence-corrected chi connectivity index (χ2v) is 11.9. The van der Waals surface area contributed by atoms with Crippen LogP contribution in [-0.4, -0.2) is 33.4 Å². The fourth-order valence-corrected chi connectivity index (χ4v) is 5.78. The Morgan fingerprint density at radius 2 is 1.67 bits per heavy atom. The second kappa shape index (κ2) is 15.1. The number of nitro groups is 1. The van der Waals surface area contributed by atoms with Crippen molar-refractivity contribution in [2.75, 3.05) is 16.4 Å². The monoisotopic (exact) mass is 669 g/mol. The highest BCUT2D eigenvalue weighted by molar-refractivity contribution is 8.00. The number of nitro benzene ring substituents is 1. The number of thioether (sulfide) groups is 1. The molecule has 10 nitrogen and oxygen atoms in total. The highest BCUT2D eigenvalue weighted by Gasteiger charge is 2.17. The molecule has 46 heavy (non-hydrogen) atoms. The van der Waals surface area contributed by atoms with E-state index in [0.717, 1.165) is 0 Å². The average Bonchev–Trinajstić information content (AvgIpc) is 3.53. The SMILES string of the molecule is O=C(CSc1cccc(NC(=O)/C(=C\c2ccccc2Cl)NC(=O)c2ccccc2)c1)Nc1nc(-c2cccc([N+](=O)[O-])c2)cs1. The molecular weight excluding hydrogens is 646 g/mol. The van der Waals surface area contributed by atoms with Crippen molar-refractivity contribution in [2.45, 2.75) is 4.90 Å². The van der Waals surface area contributed by atoms with Crippen molar-refractivity contribution in [3.05, 3.63) is 140 Å². The Hall–Kier alpha value is -5.30. The number of anilines is 2. The summed E-state index contributed by atoms with van der Waals surface area (Å²) in [5.41, 5.74) is 2.43. The predicted octanol–water partition coefficient (Wildman–Crippen LogP) is 7.51. The molecule has 0 radical (unpaired) electrons. The zero-order chi connectivity index (χ0) is 32.5. The van der Waals surface area contributed by atoms with Crippen LogP contribution in [0.15, 0.2) is 119 Å². The van der Waals surface area contributed by atoms with Crippen LogP contribution in [0.3, 0.4) is 0 Å². The molecule has 5 rings (SSSR count). The molecule has 0 atom stereocenters. The first-order valence-corrected chi connectivity index (χ1v) is 15.9. The number of hydrogen-bond acceptors (Lipinski definition) is 8. The Morgan fingerprint density at radius 3 is 2.46 bits per heavy atom. The molecule has 230 valence electrons. The summed E-state index contributed by atoms with van der Waals surface area (Å²) in [6.07, 6.45) is 1.50. The third-order valence-electron chi connectivity index (χ3n) is 6.30. The van der Waals surface area contributed by atoms with Crippen LogP contribution in [-0.2, 0) is 9.59 Å². The largest absolute Gasteiger partial charge is 0.321 e. The summed E-state index contributed by atoms with van der Waals surface area (Å²) in [6, 6.07) is 28.5. The Kier molecular flexibility index (Phi) is 10.6. The molecular formula is C33H24ClN5O5S2. The van der Waals surface area contributed by atoms with Gasteiger partial charge in [0, 0.05) is 44.2 Å². The molecule has 0 aliphatic rings. The van der Waals surface area contributed by atoms with Gasteiger partial charge in [0.2, 0.25) is 5.91 Å². The number of aromatic nitrogens is 1. The van der Waals surface area contributed by atoms with E-state index in [1.54, 1.807) is 96.4 Å². The van der Waals surface area contributed by atoms with Crippen LogP contribution in [0.25, 0.3) is 17.3 Å². The van der Waals surface area contributed by atoms with E-state index in [1.165, 1.54) is 41.3 Å². The maximum atomic E-state index is 13.4. The molecule has 0 saturated heterocycles. The summed E-state index contributed by atoms with van der Waals surface area (Å²) >= 11 is 8.78. The van der Waals surface area contributed by atoms with Crippen molar-refractivity contribution in [3.63, 3.8) is 0 Å². The van der Waals surface area contributed by atoms with Gasteiger partial charge >= 0.3 is 0 Å². The zero-order valence-electron chi connectivity index (χ0n) is 23.8. The number of benzene rings is 4. The third-order valence-corrected chi connectivity index (χ3v) is 8.39. The molecule has 3 amide bonds. The maximum Gasteiger partial charge on any atom is 0.272 e. The molecule has 0 unspecified atom stereocenters. The minimum Gasteiger partial charge on any atom is -0.321 e. The highest BCUT2D eigenvalue weighted by Crippen LogP contribution is 2.28. The number of amides is 3. The summed E-state index contributed by atoms with van der Waals surface area (Å²) in [7, 11) is 0. The van der Waals surface area contributed by atoms with E-state index in [2.05, 4.69) is 20.9 Å². The van der Waals surface area contributed by atoms with Gasteiger partial charge in [-0.05, 0) is 48.0 Å². The fourth-order valence-electron chi connectivity index (χ4n) is 4.10. The van der Waals surface area contributed by atoms with E-state index in [4.69, 9.17) is 11.6 Å². The molecule has 3 N–H and O–H groups in total. The van der Waals surface area contributed by atoms with Crippen LogP contribution in [0.2, 0.25) is 5.02 Å². The quantitative estimate of drug-likeness (QED) is 0.0571. The van der Waals surface area contributed by atoms with Crippen LogP contribution in [0.1, 0.15) is 15.9 Å². The number of halogens is 1. The van der Waals surface area contributed by atoms with Crippen LogP contribution < -0.4 is 16.0 Å². The lowest BCUT2D eigenvalue weighted by atomic mass is 10.1. The number of carbonyl (C=O) groups is 3. The zero-order valence-corrected chi connectivity index (χ0v) is 26.2. The lowest BCUT2D eigenvalue weighted by molar-refractivity contribution is -0.384. The van der Waals surface area contributed by atoms with Crippen LogP contribution in [0.4, 0.5) is 16.5 Å². The first kappa shape index (κ1) is 32.1. The van der Waals surface area contributed by atoms with Crippen molar-refractivity contribution in [3.8, 4) is 11.3 Å². The van der Waals surface area contributed by atoms with Gasteiger partial charge in [-0.15, -0.1) is 23.1 Å². The van der Waals surface area contributed by atoms with Crippen molar-refractivity contribution in [1.29, 1.82) is 0 Å². The molecule has 0 fully saturated rings. The minimum absolute atomic E-state index is 0.00712. The van der Waals surface area contributed by atoms with Crippen molar-refractivity contribution in [1.82, 2.24) is 10.3 Å². The molecule has 1 aromatic heterocycles. The lowest BCUT2D eigenvalue weighted by Crippen LogP contribution is -2.30. The van der Waals surface area contributed by atoms with Crippen LogP contribution in [0.5, 0.6) is 0 Å². The van der Waals surface area contributed by atoms with Gasteiger partial charge in [0.1, 0.15) is 5.70 Å². The number of thiazole rings is 1. The summed E-state index contributed by atoms with van der Waals surface area (Å²) in [6.45, 7) is 0. The van der Waals surface area contributed by atoms with Crippen molar-refractivity contribution < 1.29 is 19.3 Å². The summed E-state index contributed by atoms with van der Waals surface area (Å²) < 4.78 is 0. The Bertz CT molecular complexity index is 1950. The maximum absolute atomic E-state index is 13.4. The van der Waals surface area contributed by atoms with Gasteiger partial charge < -0.3 is 16.0 Å². The first-order chi connectivity index (χ1) is 22.2. The van der Waals surface area contributed by atoms with Gasteiger partial charge in [0.05, 0.1) is 16.4 Å². The summed E-state index contributed by atoms with van der Waals surface area (Å²) in [5, 5.41) is 21.8. The van der Waals surface area contributed by atoms with Gasteiger partial charge in [0.15, 0.2) is 5.13 Å². The van der Waals surface area contributed by atoms with E-state index in [0.29, 0.717) is 43.1 Å². The van der Waals surface area contributed by atoms with Gasteiger partial charge in [-0.3, -0.25) is 24.5 Å². The molecule has 13 heteroatoms. The van der Waals surface area contributed by atoms with Gasteiger partial charge in [-0.1, -0.05) is 66.2 Å².